The van der Waals surface area contributed by atoms with Crippen molar-refractivity contribution in [2.45, 2.75) is 19.4 Å². The topological polar surface area (TPSA) is 96.6 Å². The number of fused-ring (bicyclic) bond motifs is 1. The van der Waals surface area contributed by atoms with Crippen molar-refractivity contribution in [3.05, 3.63) is 118 Å². The molecule has 0 amide bonds. The standard InChI is InChI=1S/C28H24N4O3/c1-18-22(27(33)34)23(20-13-7-3-8-14-20)24-25(29-17-19-11-5-2-6-12-19)31-28(35)32(26(24)30-18)21-15-9-4-10-16-21/h2-16,22-23H,17H2,1H3,(H,33,34)(H,29,31,35). The predicted octanol–water partition coefficient (Wildman–Crippen LogP) is 4.78. The predicted molar refractivity (Wildman–Crippen MR) is 136 cm³/mol. The van der Waals surface area contributed by atoms with Gasteiger partial charge in [0.05, 0.1) is 5.69 Å². The Labute approximate surface area is 202 Å². The molecule has 3 aromatic carbocycles. The van der Waals surface area contributed by atoms with Gasteiger partial charge in [-0.2, -0.15) is 4.98 Å². The molecule has 0 saturated carbocycles. The first kappa shape index (κ1) is 22.3. The van der Waals surface area contributed by atoms with Crippen LogP contribution >= 0.6 is 0 Å². The van der Waals surface area contributed by atoms with Crippen LogP contribution in [0.25, 0.3) is 5.69 Å². The van der Waals surface area contributed by atoms with Crippen molar-refractivity contribution in [3.63, 3.8) is 0 Å². The Morgan fingerprint density at radius 1 is 0.943 bits per heavy atom. The maximum atomic E-state index is 13.3. The van der Waals surface area contributed by atoms with E-state index in [1.165, 1.54) is 4.57 Å². The Bertz CT molecular complexity index is 1450. The van der Waals surface area contributed by atoms with E-state index in [1.807, 2.05) is 91.0 Å². The van der Waals surface area contributed by atoms with Gasteiger partial charge in [-0.25, -0.2) is 14.4 Å². The molecule has 1 aliphatic heterocycles. The summed E-state index contributed by atoms with van der Waals surface area (Å²) in [5.41, 5.74) is 2.99. The summed E-state index contributed by atoms with van der Waals surface area (Å²) in [6.45, 7) is 2.13. The molecule has 0 saturated heterocycles. The zero-order valence-corrected chi connectivity index (χ0v) is 19.1. The second-order valence-corrected chi connectivity index (χ2v) is 8.45. The van der Waals surface area contributed by atoms with Crippen LogP contribution in [0.15, 0.2) is 101 Å². The van der Waals surface area contributed by atoms with Crippen LogP contribution in [0.4, 0.5) is 11.6 Å². The molecule has 0 bridgehead atoms. The average molecular weight is 465 g/mol. The number of aliphatic carboxylic acids is 1. The van der Waals surface area contributed by atoms with Crippen molar-refractivity contribution in [2.75, 3.05) is 5.32 Å². The van der Waals surface area contributed by atoms with Crippen molar-refractivity contribution in [3.8, 4) is 5.69 Å². The van der Waals surface area contributed by atoms with Crippen LogP contribution in [-0.2, 0) is 11.3 Å². The molecular weight excluding hydrogens is 440 g/mol. The number of carboxylic acids is 1. The molecule has 0 aliphatic carbocycles. The molecule has 7 heteroatoms. The Kier molecular flexibility index (Phi) is 5.97. The van der Waals surface area contributed by atoms with Crippen molar-refractivity contribution >= 4 is 23.3 Å². The van der Waals surface area contributed by atoms with E-state index in [4.69, 9.17) is 4.99 Å². The maximum Gasteiger partial charge on any atom is 0.355 e. The Hall–Kier alpha value is -4.52. The number of aromatic nitrogens is 2. The van der Waals surface area contributed by atoms with E-state index in [2.05, 4.69) is 10.3 Å². The molecule has 1 aromatic heterocycles. The van der Waals surface area contributed by atoms with E-state index in [-0.39, 0.29) is 0 Å². The van der Waals surface area contributed by atoms with E-state index in [1.54, 1.807) is 6.92 Å². The largest absolute Gasteiger partial charge is 0.481 e. The molecule has 4 aromatic rings. The van der Waals surface area contributed by atoms with Crippen LogP contribution in [0.5, 0.6) is 0 Å². The zero-order chi connectivity index (χ0) is 24.4. The van der Waals surface area contributed by atoms with Gasteiger partial charge in [-0.3, -0.25) is 4.79 Å². The highest BCUT2D eigenvalue weighted by molar-refractivity contribution is 6.04. The van der Waals surface area contributed by atoms with Crippen molar-refractivity contribution in [2.24, 2.45) is 10.9 Å². The van der Waals surface area contributed by atoms with Gasteiger partial charge in [0.1, 0.15) is 17.6 Å². The van der Waals surface area contributed by atoms with Gasteiger partial charge in [0.2, 0.25) is 0 Å². The second-order valence-electron chi connectivity index (χ2n) is 8.45. The number of hydrogen-bond donors (Lipinski definition) is 2. The highest BCUT2D eigenvalue weighted by atomic mass is 16.4. The number of aliphatic imine (C=N–C) groups is 1. The van der Waals surface area contributed by atoms with Gasteiger partial charge < -0.3 is 10.4 Å². The molecule has 2 N–H and O–H groups in total. The first-order chi connectivity index (χ1) is 17.0. The quantitative estimate of drug-likeness (QED) is 0.428. The number of carbonyl (C=O) groups is 1. The van der Waals surface area contributed by atoms with E-state index in [9.17, 15) is 14.7 Å². The van der Waals surface area contributed by atoms with Gasteiger partial charge >= 0.3 is 11.7 Å². The lowest BCUT2D eigenvalue weighted by molar-refractivity contribution is -0.139. The van der Waals surface area contributed by atoms with Gasteiger partial charge in [-0.05, 0) is 30.2 Å². The summed E-state index contributed by atoms with van der Waals surface area (Å²) in [4.78, 5) is 34.9. The van der Waals surface area contributed by atoms with Gasteiger partial charge in [0.25, 0.3) is 0 Å². The fourth-order valence-electron chi connectivity index (χ4n) is 4.63. The molecule has 0 radical (unpaired) electrons. The van der Waals surface area contributed by atoms with Crippen LogP contribution in [0, 0.1) is 5.92 Å². The second kappa shape index (κ2) is 9.38. The maximum absolute atomic E-state index is 13.3. The SMILES string of the molecule is CC1=Nc2c(c(NCc3ccccc3)nc(=O)n2-c2ccccc2)C(c2ccccc2)C1C(=O)O. The number of nitrogens with one attached hydrogen (secondary N) is 1. The summed E-state index contributed by atoms with van der Waals surface area (Å²) in [5.74, 6) is -1.71. The Morgan fingerprint density at radius 3 is 2.17 bits per heavy atom. The van der Waals surface area contributed by atoms with Crippen LogP contribution in [0.1, 0.15) is 29.5 Å². The lowest BCUT2D eigenvalue weighted by Gasteiger charge is -2.32. The third-order valence-corrected chi connectivity index (χ3v) is 6.23. The summed E-state index contributed by atoms with van der Waals surface area (Å²) >= 11 is 0. The first-order valence-electron chi connectivity index (χ1n) is 11.4. The van der Waals surface area contributed by atoms with E-state index >= 15 is 0 Å². The zero-order valence-electron chi connectivity index (χ0n) is 19.1. The number of nitrogens with zero attached hydrogens (tertiary/aromatic N) is 3. The molecule has 1 aliphatic rings. The molecule has 2 heterocycles. The molecule has 7 nitrogen and oxygen atoms in total. The van der Waals surface area contributed by atoms with Crippen LogP contribution < -0.4 is 11.0 Å². The van der Waals surface area contributed by atoms with Gasteiger partial charge in [-0.15, -0.1) is 0 Å². The fraction of sp³-hybridized carbons (Fsp3) is 0.143. The number of hydrogen-bond acceptors (Lipinski definition) is 5. The molecular formula is C28H24N4O3. The smallest absolute Gasteiger partial charge is 0.355 e. The number of rotatable bonds is 6. The van der Waals surface area contributed by atoms with Gasteiger partial charge in [0.15, 0.2) is 0 Å². The first-order valence-corrected chi connectivity index (χ1v) is 11.4. The van der Waals surface area contributed by atoms with Gasteiger partial charge in [0, 0.05) is 23.7 Å². The molecule has 174 valence electrons. The fourth-order valence-corrected chi connectivity index (χ4v) is 4.63. The van der Waals surface area contributed by atoms with Crippen LogP contribution in [-0.4, -0.2) is 26.3 Å². The monoisotopic (exact) mass is 464 g/mol. The number of carboxylic acid groups (broad SMARTS) is 1. The third-order valence-electron chi connectivity index (χ3n) is 6.23. The summed E-state index contributed by atoms with van der Waals surface area (Å²) in [7, 11) is 0. The van der Waals surface area contributed by atoms with Crippen LogP contribution in [0.2, 0.25) is 0 Å². The lowest BCUT2D eigenvalue weighted by Crippen LogP contribution is -2.35. The molecule has 35 heavy (non-hydrogen) atoms. The molecule has 2 unspecified atom stereocenters. The third kappa shape index (κ3) is 4.24. The highest BCUT2D eigenvalue weighted by Crippen LogP contribution is 2.45. The van der Waals surface area contributed by atoms with Crippen molar-refractivity contribution in [1.29, 1.82) is 0 Å². The average Bonchev–Trinajstić information content (AvgIpc) is 2.88. The minimum atomic E-state index is -0.975. The number of anilines is 1. The molecule has 5 rings (SSSR count). The highest BCUT2D eigenvalue weighted by Gasteiger charge is 2.41. The molecule has 0 fully saturated rings. The molecule has 0 spiro atoms. The van der Waals surface area contributed by atoms with E-state index in [0.717, 1.165) is 11.1 Å². The number of para-hydroxylation sites is 1. The van der Waals surface area contributed by atoms with Crippen molar-refractivity contribution in [1.82, 2.24) is 9.55 Å². The van der Waals surface area contributed by atoms with Crippen LogP contribution in [0.3, 0.4) is 0 Å². The van der Waals surface area contributed by atoms with E-state index in [0.29, 0.717) is 35.1 Å². The minimum Gasteiger partial charge on any atom is -0.481 e. The lowest BCUT2D eigenvalue weighted by atomic mass is 9.76. The Morgan fingerprint density at radius 2 is 1.54 bits per heavy atom. The summed E-state index contributed by atoms with van der Waals surface area (Å²) in [6.07, 6.45) is 0. The summed E-state index contributed by atoms with van der Waals surface area (Å²) < 4.78 is 1.46. The van der Waals surface area contributed by atoms with Crippen molar-refractivity contribution < 1.29 is 9.90 Å². The number of benzene rings is 3. The molecule has 2 atom stereocenters. The summed E-state index contributed by atoms with van der Waals surface area (Å²) in [5, 5.41) is 13.5. The van der Waals surface area contributed by atoms with Gasteiger partial charge in [-0.1, -0.05) is 78.9 Å². The minimum absolute atomic E-state index is 0.345. The normalized spacial score (nSPS) is 16.8. The Balaban J connectivity index is 1.78. The van der Waals surface area contributed by atoms with E-state index < -0.39 is 23.5 Å². The summed E-state index contributed by atoms with van der Waals surface area (Å²) in [6, 6.07) is 28.4.